The van der Waals surface area contributed by atoms with Gasteiger partial charge in [0.1, 0.15) is 10.9 Å². The van der Waals surface area contributed by atoms with Crippen LogP contribution in [0.15, 0.2) is 0 Å². The van der Waals surface area contributed by atoms with Gasteiger partial charge in [0.05, 0.1) is 5.69 Å². The highest BCUT2D eigenvalue weighted by Crippen LogP contribution is 2.25. The molecule has 1 aliphatic heterocycles. The van der Waals surface area contributed by atoms with Gasteiger partial charge in [0.15, 0.2) is 0 Å². The minimum atomic E-state index is -0.940. The predicted molar refractivity (Wildman–Crippen MR) is 65.5 cm³/mol. The van der Waals surface area contributed by atoms with Crippen molar-refractivity contribution < 1.29 is 14.7 Å². The van der Waals surface area contributed by atoms with E-state index < -0.39 is 12.0 Å². The Morgan fingerprint density at radius 2 is 2.22 bits per heavy atom. The Bertz CT molecular complexity index is 474. The van der Waals surface area contributed by atoms with Gasteiger partial charge in [-0.1, -0.05) is 11.4 Å². The minimum Gasteiger partial charge on any atom is -0.480 e. The van der Waals surface area contributed by atoms with Crippen molar-refractivity contribution in [3.8, 4) is 0 Å². The van der Waals surface area contributed by atoms with Gasteiger partial charge < -0.3 is 10.0 Å². The Hall–Kier alpha value is -1.50. The molecule has 2 heterocycles. The highest BCUT2D eigenvalue weighted by Gasteiger charge is 2.36. The Kier molecular flexibility index (Phi) is 3.60. The first-order valence-electron chi connectivity index (χ1n) is 5.83. The molecular formula is C11H15N3O3S. The SMILES string of the molecule is Cc1nnsc1C(=O)N1CCC(C)CC1C(=O)O. The zero-order valence-electron chi connectivity index (χ0n) is 10.3. The number of carbonyl (C=O) groups excluding carboxylic acids is 1. The fourth-order valence-corrected chi connectivity index (χ4v) is 2.79. The Morgan fingerprint density at radius 3 is 2.78 bits per heavy atom. The van der Waals surface area contributed by atoms with Crippen LogP contribution in [-0.4, -0.2) is 44.1 Å². The molecule has 2 unspecified atom stereocenters. The summed E-state index contributed by atoms with van der Waals surface area (Å²) in [7, 11) is 0. The fourth-order valence-electron chi connectivity index (χ4n) is 2.18. The lowest BCUT2D eigenvalue weighted by Crippen LogP contribution is -2.49. The summed E-state index contributed by atoms with van der Waals surface area (Å²) < 4.78 is 3.72. The molecule has 1 aromatic rings. The van der Waals surface area contributed by atoms with Crippen LogP contribution in [0.3, 0.4) is 0 Å². The molecule has 2 rings (SSSR count). The lowest BCUT2D eigenvalue weighted by molar-refractivity contribution is -0.144. The number of aryl methyl sites for hydroxylation is 1. The zero-order valence-corrected chi connectivity index (χ0v) is 11.1. The number of aromatic nitrogens is 2. The van der Waals surface area contributed by atoms with E-state index >= 15 is 0 Å². The summed E-state index contributed by atoms with van der Waals surface area (Å²) in [5, 5.41) is 13.0. The topological polar surface area (TPSA) is 83.4 Å². The van der Waals surface area contributed by atoms with E-state index in [1.54, 1.807) is 6.92 Å². The van der Waals surface area contributed by atoms with E-state index in [1.165, 1.54) is 4.90 Å². The van der Waals surface area contributed by atoms with E-state index in [2.05, 4.69) is 9.59 Å². The van der Waals surface area contributed by atoms with Crippen molar-refractivity contribution in [3.63, 3.8) is 0 Å². The van der Waals surface area contributed by atoms with Crippen molar-refractivity contribution >= 4 is 23.4 Å². The fraction of sp³-hybridized carbons (Fsp3) is 0.636. The average molecular weight is 269 g/mol. The highest BCUT2D eigenvalue weighted by molar-refractivity contribution is 7.07. The monoisotopic (exact) mass is 269 g/mol. The van der Waals surface area contributed by atoms with Crippen LogP contribution in [0.25, 0.3) is 0 Å². The maximum Gasteiger partial charge on any atom is 0.326 e. The summed E-state index contributed by atoms with van der Waals surface area (Å²) in [5.41, 5.74) is 0.563. The number of rotatable bonds is 2. The molecule has 0 spiro atoms. The molecule has 1 aliphatic rings. The van der Waals surface area contributed by atoms with Crippen LogP contribution >= 0.6 is 11.5 Å². The predicted octanol–water partition coefficient (Wildman–Crippen LogP) is 1.17. The number of aliphatic carboxylic acids is 1. The van der Waals surface area contributed by atoms with E-state index in [4.69, 9.17) is 0 Å². The zero-order chi connectivity index (χ0) is 13.3. The van der Waals surface area contributed by atoms with Gasteiger partial charge in [0, 0.05) is 6.54 Å². The summed E-state index contributed by atoms with van der Waals surface area (Å²) in [6.07, 6.45) is 1.34. The van der Waals surface area contributed by atoms with Crippen molar-refractivity contribution in [2.24, 2.45) is 5.92 Å². The molecule has 6 nitrogen and oxygen atoms in total. The Balaban J connectivity index is 2.23. The van der Waals surface area contributed by atoms with Gasteiger partial charge in [0.25, 0.3) is 5.91 Å². The number of piperidine rings is 1. The number of carbonyl (C=O) groups is 2. The van der Waals surface area contributed by atoms with Crippen molar-refractivity contribution in [3.05, 3.63) is 10.6 Å². The Morgan fingerprint density at radius 1 is 1.50 bits per heavy atom. The van der Waals surface area contributed by atoms with Crippen molar-refractivity contribution in [1.29, 1.82) is 0 Å². The molecule has 98 valence electrons. The largest absolute Gasteiger partial charge is 0.480 e. The first-order chi connectivity index (χ1) is 8.50. The van der Waals surface area contributed by atoms with E-state index in [-0.39, 0.29) is 5.91 Å². The van der Waals surface area contributed by atoms with Crippen molar-refractivity contribution in [1.82, 2.24) is 14.5 Å². The summed E-state index contributed by atoms with van der Waals surface area (Å²) in [4.78, 5) is 25.4. The van der Waals surface area contributed by atoms with E-state index in [0.717, 1.165) is 18.0 Å². The summed E-state index contributed by atoms with van der Waals surface area (Å²) in [6, 6.07) is -0.734. The number of carboxylic acid groups (broad SMARTS) is 1. The number of hydrogen-bond donors (Lipinski definition) is 1. The van der Waals surface area contributed by atoms with Crippen LogP contribution in [0.4, 0.5) is 0 Å². The van der Waals surface area contributed by atoms with E-state index in [9.17, 15) is 14.7 Å². The normalized spacial score (nSPS) is 24.0. The van der Waals surface area contributed by atoms with Crippen LogP contribution in [0, 0.1) is 12.8 Å². The molecule has 0 bridgehead atoms. The number of nitrogens with zero attached hydrogens (tertiary/aromatic N) is 3. The van der Waals surface area contributed by atoms with E-state index in [1.807, 2.05) is 6.92 Å². The van der Waals surface area contributed by atoms with Gasteiger partial charge in [-0.25, -0.2) is 4.79 Å². The lowest BCUT2D eigenvalue weighted by Gasteiger charge is -2.35. The molecule has 0 saturated carbocycles. The van der Waals surface area contributed by atoms with E-state index in [0.29, 0.717) is 29.5 Å². The number of hydrogen-bond acceptors (Lipinski definition) is 5. The molecule has 1 N–H and O–H groups in total. The van der Waals surface area contributed by atoms with Crippen LogP contribution in [-0.2, 0) is 4.79 Å². The third kappa shape index (κ3) is 2.35. The number of likely N-dealkylation sites (tertiary alicyclic amines) is 1. The maximum atomic E-state index is 12.3. The standard InChI is InChI=1S/C11H15N3O3S/c1-6-3-4-14(8(5-6)11(16)17)10(15)9-7(2)12-13-18-9/h6,8H,3-5H2,1-2H3,(H,16,17). The van der Waals surface area contributed by atoms with Gasteiger partial charge >= 0.3 is 5.97 Å². The molecule has 0 radical (unpaired) electrons. The van der Waals surface area contributed by atoms with Gasteiger partial charge in [-0.2, -0.15) is 0 Å². The van der Waals surface area contributed by atoms with Gasteiger partial charge in [-0.15, -0.1) is 5.10 Å². The van der Waals surface area contributed by atoms with Gasteiger partial charge in [-0.3, -0.25) is 4.79 Å². The molecule has 2 atom stereocenters. The summed E-state index contributed by atoms with van der Waals surface area (Å²) in [6.45, 7) is 4.20. The number of carboxylic acids is 1. The molecule has 1 saturated heterocycles. The summed E-state index contributed by atoms with van der Waals surface area (Å²) in [5.74, 6) is -0.873. The second kappa shape index (κ2) is 5.01. The average Bonchev–Trinajstić information content (AvgIpc) is 2.74. The van der Waals surface area contributed by atoms with Crippen LogP contribution in [0.5, 0.6) is 0 Å². The Labute approximate surface area is 109 Å². The second-order valence-corrected chi connectivity index (χ2v) is 5.42. The highest BCUT2D eigenvalue weighted by atomic mass is 32.1. The molecule has 0 aromatic carbocycles. The molecule has 7 heteroatoms. The molecule has 18 heavy (non-hydrogen) atoms. The minimum absolute atomic E-state index is 0.262. The molecule has 1 amide bonds. The van der Waals surface area contributed by atoms with Crippen LogP contribution in [0.1, 0.15) is 35.1 Å². The molecule has 1 aromatic heterocycles. The first-order valence-corrected chi connectivity index (χ1v) is 6.60. The van der Waals surface area contributed by atoms with Crippen LogP contribution in [0.2, 0.25) is 0 Å². The number of amides is 1. The van der Waals surface area contributed by atoms with Gasteiger partial charge in [0.2, 0.25) is 0 Å². The van der Waals surface area contributed by atoms with Crippen molar-refractivity contribution in [2.45, 2.75) is 32.7 Å². The summed E-state index contributed by atoms with van der Waals surface area (Å²) >= 11 is 1.02. The third-order valence-corrected chi connectivity index (χ3v) is 4.07. The molecule has 0 aliphatic carbocycles. The second-order valence-electron chi connectivity index (χ2n) is 4.67. The first kappa shape index (κ1) is 12.9. The molecular weight excluding hydrogens is 254 g/mol. The lowest BCUT2D eigenvalue weighted by atomic mass is 9.92. The van der Waals surface area contributed by atoms with Gasteiger partial charge in [-0.05, 0) is 37.2 Å². The molecule has 1 fully saturated rings. The maximum absolute atomic E-state index is 12.3. The smallest absolute Gasteiger partial charge is 0.326 e. The quantitative estimate of drug-likeness (QED) is 0.871. The van der Waals surface area contributed by atoms with Crippen LogP contribution < -0.4 is 0 Å². The third-order valence-electron chi connectivity index (χ3n) is 3.26. The van der Waals surface area contributed by atoms with Crippen molar-refractivity contribution in [2.75, 3.05) is 6.54 Å².